The molecule has 3 rings (SSSR count). The highest BCUT2D eigenvalue weighted by atomic mass is 19.1. The fourth-order valence-corrected chi connectivity index (χ4v) is 2.87. The number of amides is 1. The maximum absolute atomic E-state index is 12.8. The number of aryl methyl sites for hydroxylation is 1. The van der Waals surface area contributed by atoms with Gasteiger partial charge in [0, 0.05) is 18.8 Å². The third kappa shape index (κ3) is 3.91. The molecule has 1 aliphatic carbocycles. The van der Waals surface area contributed by atoms with Crippen LogP contribution in [0.1, 0.15) is 24.4 Å². The van der Waals surface area contributed by atoms with E-state index in [9.17, 15) is 14.3 Å². The molecule has 0 bridgehead atoms. The van der Waals surface area contributed by atoms with Crippen LogP contribution in [0.15, 0.2) is 36.7 Å². The number of aromatic nitrogens is 2. The first-order valence-electron chi connectivity index (χ1n) is 7.85. The van der Waals surface area contributed by atoms with Crippen molar-refractivity contribution in [3.05, 3.63) is 48.0 Å². The second-order valence-electron chi connectivity index (χ2n) is 6.12. The summed E-state index contributed by atoms with van der Waals surface area (Å²) in [7, 11) is 1.82. The topological polar surface area (TPSA) is 76.4 Å². The summed E-state index contributed by atoms with van der Waals surface area (Å²) in [6.45, 7) is -0.155. The number of benzene rings is 1. The molecule has 1 aromatic heterocycles. The molecule has 1 amide bonds. The van der Waals surface area contributed by atoms with Gasteiger partial charge in [-0.2, -0.15) is 5.10 Å². The second-order valence-corrected chi connectivity index (χ2v) is 6.12. The van der Waals surface area contributed by atoms with Gasteiger partial charge in [-0.1, -0.05) is 0 Å². The van der Waals surface area contributed by atoms with Gasteiger partial charge in [-0.3, -0.25) is 9.48 Å². The quantitative estimate of drug-likeness (QED) is 0.841. The third-order valence-electron chi connectivity index (χ3n) is 4.21. The molecule has 128 valence electrons. The average Bonchev–Trinajstić information content (AvgIpc) is 2.96. The summed E-state index contributed by atoms with van der Waals surface area (Å²) in [4.78, 5) is 12.2. The molecule has 1 aromatic carbocycles. The zero-order chi connectivity index (χ0) is 17.1. The summed E-state index contributed by atoms with van der Waals surface area (Å²) in [5.41, 5.74) is 0.907. The standard InChI is InChI=1S/C17H20FN3O3/c1-21-9-12(8-19-21)17(11-6-14(22)7-11)20-16(23)10-24-15-4-2-13(18)3-5-15/h2-5,8-9,11,14,17,22H,6-7,10H2,1H3,(H,20,23)/t11?,14?,17-/m1/s1. The molecule has 7 heteroatoms. The Labute approximate surface area is 139 Å². The first-order chi connectivity index (χ1) is 11.5. The lowest BCUT2D eigenvalue weighted by atomic mass is 9.75. The van der Waals surface area contributed by atoms with Gasteiger partial charge in [0.15, 0.2) is 6.61 Å². The summed E-state index contributed by atoms with van der Waals surface area (Å²) < 4.78 is 19.9. The summed E-state index contributed by atoms with van der Waals surface area (Å²) in [5.74, 6) is -0.0101. The van der Waals surface area contributed by atoms with E-state index < -0.39 is 0 Å². The van der Waals surface area contributed by atoms with Gasteiger partial charge in [0.25, 0.3) is 5.91 Å². The molecule has 2 N–H and O–H groups in total. The fraction of sp³-hybridized carbons (Fsp3) is 0.412. The van der Waals surface area contributed by atoms with Gasteiger partial charge >= 0.3 is 0 Å². The summed E-state index contributed by atoms with van der Waals surface area (Å²) in [5, 5.41) is 16.6. The number of rotatable bonds is 6. The molecular weight excluding hydrogens is 313 g/mol. The Morgan fingerprint density at radius 1 is 1.46 bits per heavy atom. The predicted octanol–water partition coefficient (Wildman–Crippen LogP) is 1.57. The van der Waals surface area contributed by atoms with Gasteiger partial charge in [-0.05, 0) is 43.0 Å². The molecule has 1 atom stereocenters. The number of hydrogen-bond acceptors (Lipinski definition) is 4. The molecule has 1 heterocycles. The molecule has 1 aliphatic rings. The zero-order valence-electron chi connectivity index (χ0n) is 13.4. The average molecular weight is 333 g/mol. The van der Waals surface area contributed by atoms with Crippen LogP contribution in [0.5, 0.6) is 5.75 Å². The molecule has 0 radical (unpaired) electrons. The largest absolute Gasteiger partial charge is 0.484 e. The van der Waals surface area contributed by atoms with Crippen LogP contribution in [0.25, 0.3) is 0 Å². The molecule has 1 saturated carbocycles. The fourth-order valence-electron chi connectivity index (χ4n) is 2.87. The van der Waals surface area contributed by atoms with Crippen molar-refractivity contribution in [2.24, 2.45) is 13.0 Å². The smallest absolute Gasteiger partial charge is 0.258 e. The molecular formula is C17H20FN3O3. The van der Waals surface area contributed by atoms with E-state index in [1.54, 1.807) is 10.9 Å². The van der Waals surface area contributed by atoms with Crippen molar-refractivity contribution in [1.29, 1.82) is 0 Å². The van der Waals surface area contributed by atoms with Crippen LogP contribution >= 0.6 is 0 Å². The van der Waals surface area contributed by atoms with Crippen LogP contribution in [0.4, 0.5) is 4.39 Å². The highest BCUT2D eigenvalue weighted by molar-refractivity contribution is 5.78. The Balaban J connectivity index is 1.59. The highest BCUT2D eigenvalue weighted by Gasteiger charge is 2.36. The van der Waals surface area contributed by atoms with Crippen LogP contribution in [0.2, 0.25) is 0 Å². The summed E-state index contributed by atoms with van der Waals surface area (Å²) >= 11 is 0. The van der Waals surface area contributed by atoms with E-state index in [-0.39, 0.29) is 36.4 Å². The molecule has 0 spiro atoms. The number of nitrogens with one attached hydrogen (secondary N) is 1. The number of aliphatic hydroxyl groups excluding tert-OH is 1. The number of carbonyl (C=O) groups excluding carboxylic acids is 1. The van der Waals surface area contributed by atoms with Crippen molar-refractivity contribution < 1.29 is 19.0 Å². The second kappa shape index (κ2) is 7.00. The molecule has 2 aromatic rings. The number of aliphatic hydroxyl groups is 1. The van der Waals surface area contributed by atoms with Crippen molar-refractivity contribution >= 4 is 5.91 Å². The van der Waals surface area contributed by atoms with E-state index in [0.717, 1.165) is 5.56 Å². The number of carbonyl (C=O) groups is 1. The highest BCUT2D eigenvalue weighted by Crippen LogP contribution is 2.37. The van der Waals surface area contributed by atoms with Crippen molar-refractivity contribution in [3.63, 3.8) is 0 Å². The maximum atomic E-state index is 12.8. The van der Waals surface area contributed by atoms with E-state index in [4.69, 9.17) is 4.74 Å². The van der Waals surface area contributed by atoms with Crippen LogP contribution in [0.3, 0.4) is 0 Å². The van der Waals surface area contributed by atoms with Gasteiger partial charge < -0.3 is 15.2 Å². The Morgan fingerprint density at radius 2 is 2.17 bits per heavy atom. The molecule has 0 saturated heterocycles. The Hall–Kier alpha value is -2.41. The normalized spacial score (nSPS) is 21.0. The minimum Gasteiger partial charge on any atom is -0.484 e. The lowest BCUT2D eigenvalue weighted by Crippen LogP contribution is -2.42. The Morgan fingerprint density at radius 3 is 2.75 bits per heavy atom. The van der Waals surface area contributed by atoms with E-state index in [0.29, 0.717) is 18.6 Å². The van der Waals surface area contributed by atoms with Gasteiger partial charge in [-0.15, -0.1) is 0 Å². The van der Waals surface area contributed by atoms with Crippen LogP contribution in [-0.4, -0.2) is 33.5 Å². The van der Waals surface area contributed by atoms with Crippen molar-refractivity contribution in [2.45, 2.75) is 25.0 Å². The SMILES string of the molecule is Cn1cc([C@H](NC(=O)COc2ccc(F)cc2)C2CC(O)C2)cn1. The van der Waals surface area contributed by atoms with Crippen LogP contribution < -0.4 is 10.1 Å². The minimum atomic E-state index is -0.355. The summed E-state index contributed by atoms with van der Waals surface area (Å²) in [6, 6.07) is 5.31. The van der Waals surface area contributed by atoms with E-state index in [2.05, 4.69) is 10.4 Å². The van der Waals surface area contributed by atoms with E-state index in [1.165, 1.54) is 24.3 Å². The lowest BCUT2D eigenvalue weighted by Gasteiger charge is -2.37. The van der Waals surface area contributed by atoms with Gasteiger partial charge in [-0.25, -0.2) is 4.39 Å². The number of ether oxygens (including phenoxy) is 1. The van der Waals surface area contributed by atoms with Gasteiger partial charge in [0.1, 0.15) is 11.6 Å². The first kappa shape index (κ1) is 16.4. The first-order valence-corrected chi connectivity index (χ1v) is 7.85. The molecule has 0 unspecified atom stereocenters. The van der Waals surface area contributed by atoms with Crippen molar-refractivity contribution in [2.75, 3.05) is 6.61 Å². The van der Waals surface area contributed by atoms with E-state index >= 15 is 0 Å². The Kier molecular flexibility index (Phi) is 4.80. The van der Waals surface area contributed by atoms with Crippen molar-refractivity contribution in [3.8, 4) is 5.75 Å². The molecule has 1 fully saturated rings. The lowest BCUT2D eigenvalue weighted by molar-refractivity contribution is -0.125. The number of halogens is 1. The Bertz CT molecular complexity index is 695. The maximum Gasteiger partial charge on any atom is 0.258 e. The minimum absolute atomic E-state index is 0.155. The van der Waals surface area contributed by atoms with Gasteiger partial charge in [0.2, 0.25) is 0 Å². The molecule has 0 aliphatic heterocycles. The van der Waals surface area contributed by atoms with E-state index in [1.807, 2.05) is 13.2 Å². The predicted molar refractivity (Wildman–Crippen MR) is 84.7 cm³/mol. The zero-order valence-corrected chi connectivity index (χ0v) is 13.4. The third-order valence-corrected chi connectivity index (χ3v) is 4.21. The molecule has 24 heavy (non-hydrogen) atoms. The number of hydrogen-bond donors (Lipinski definition) is 2. The monoisotopic (exact) mass is 333 g/mol. The van der Waals surface area contributed by atoms with Crippen molar-refractivity contribution in [1.82, 2.24) is 15.1 Å². The number of nitrogens with zero attached hydrogens (tertiary/aromatic N) is 2. The van der Waals surface area contributed by atoms with Crippen LogP contribution in [-0.2, 0) is 11.8 Å². The summed E-state index contributed by atoms with van der Waals surface area (Å²) in [6.07, 6.45) is 4.58. The molecule has 6 nitrogen and oxygen atoms in total. The van der Waals surface area contributed by atoms with Gasteiger partial charge in [0.05, 0.1) is 18.3 Å². The van der Waals surface area contributed by atoms with Crippen LogP contribution in [0, 0.1) is 11.7 Å².